The Balaban J connectivity index is 1.83. The average molecular weight is 427 g/mol. The molecule has 1 saturated heterocycles. The summed E-state index contributed by atoms with van der Waals surface area (Å²) < 4.78 is 16.6. The zero-order valence-electron chi connectivity index (χ0n) is 18.5. The van der Waals surface area contributed by atoms with Crippen LogP contribution >= 0.6 is 0 Å². The minimum Gasteiger partial charge on any atom is -0.507 e. The van der Waals surface area contributed by atoms with Crippen LogP contribution in [-0.2, 0) is 6.54 Å². The van der Waals surface area contributed by atoms with Crippen molar-refractivity contribution in [1.29, 1.82) is 0 Å². The summed E-state index contributed by atoms with van der Waals surface area (Å²) in [6.07, 6.45) is 0. The molecular formula is C24H30N2O5+2. The molecule has 2 heterocycles. The van der Waals surface area contributed by atoms with E-state index in [1.807, 2.05) is 13.0 Å². The van der Waals surface area contributed by atoms with E-state index in [1.165, 1.54) is 9.80 Å². The van der Waals surface area contributed by atoms with Gasteiger partial charge in [-0.25, -0.2) is 4.79 Å². The van der Waals surface area contributed by atoms with Gasteiger partial charge in [0.25, 0.3) is 0 Å². The molecule has 0 unspecified atom stereocenters. The number of phenols is 1. The number of ether oxygens (including phenoxy) is 2. The van der Waals surface area contributed by atoms with E-state index in [2.05, 4.69) is 7.05 Å². The van der Waals surface area contributed by atoms with Gasteiger partial charge in [-0.2, -0.15) is 0 Å². The van der Waals surface area contributed by atoms with E-state index in [4.69, 9.17) is 13.9 Å². The van der Waals surface area contributed by atoms with E-state index in [1.54, 1.807) is 38.5 Å². The Labute approximate surface area is 181 Å². The lowest BCUT2D eigenvalue weighted by atomic mass is 9.97. The summed E-state index contributed by atoms with van der Waals surface area (Å²) in [7, 11) is 5.35. The molecule has 7 heteroatoms. The highest BCUT2D eigenvalue weighted by atomic mass is 16.5. The predicted molar refractivity (Wildman–Crippen MR) is 118 cm³/mol. The van der Waals surface area contributed by atoms with Gasteiger partial charge in [-0.15, -0.1) is 0 Å². The first kappa shape index (κ1) is 21.2. The van der Waals surface area contributed by atoms with Crippen molar-refractivity contribution in [2.75, 3.05) is 47.4 Å². The van der Waals surface area contributed by atoms with Gasteiger partial charge in [0, 0.05) is 17.0 Å². The first-order valence-electron chi connectivity index (χ1n) is 10.6. The van der Waals surface area contributed by atoms with Gasteiger partial charge >= 0.3 is 5.63 Å². The number of phenolic OH excluding ortho intramolecular Hbond substituents is 1. The number of rotatable bonds is 5. The van der Waals surface area contributed by atoms with Crippen molar-refractivity contribution in [1.82, 2.24) is 0 Å². The first-order valence-corrected chi connectivity index (χ1v) is 10.6. The third kappa shape index (κ3) is 3.98. The van der Waals surface area contributed by atoms with Gasteiger partial charge < -0.3 is 28.8 Å². The number of aryl methyl sites for hydroxylation is 1. The Morgan fingerprint density at radius 3 is 2.48 bits per heavy atom. The molecule has 1 aliphatic heterocycles. The molecule has 3 aromatic rings. The van der Waals surface area contributed by atoms with E-state index in [-0.39, 0.29) is 5.75 Å². The van der Waals surface area contributed by atoms with Gasteiger partial charge in [-0.05, 0) is 36.8 Å². The van der Waals surface area contributed by atoms with Crippen molar-refractivity contribution in [2.24, 2.45) is 0 Å². The van der Waals surface area contributed by atoms with E-state index >= 15 is 0 Å². The molecule has 4 rings (SSSR count). The second-order valence-electron chi connectivity index (χ2n) is 8.28. The maximum Gasteiger partial charge on any atom is 0.344 e. The summed E-state index contributed by atoms with van der Waals surface area (Å²) in [5.74, 6) is 1.36. The van der Waals surface area contributed by atoms with Crippen LogP contribution in [0.15, 0.2) is 39.5 Å². The number of quaternary nitrogens is 2. The summed E-state index contributed by atoms with van der Waals surface area (Å²) in [4.78, 5) is 16.0. The number of methoxy groups -OCH3 is 2. The topological polar surface area (TPSA) is 77.8 Å². The Kier molecular flexibility index (Phi) is 5.89. The summed E-state index contributed by atoms with van der Waals surface area (Å²) >= 11 is 0. The monoisotopic (exact) mass is 426 g/mol. The molecule has 1 aliphatic rings. The van der Waals surface area contributed by atoms with Crippen molar-refractivity contribution >= 4 is 11.0 Å². The molecule has 0 atom stereocenters. The van der Waals surface area contributed by atoms with Crippen molar-refractivity contribution in [2.45, 2.75) is 13.5 Å². The fraction of sp³-hybridized carbons (Fsp3) is 0.375. The Morgan fingerprint density at radius 1 is 1.06 bits per heavy atom. The van der Waals surface area contributed by atoms with Crippen LogP contribution in [-0.4, -0.2) is 52.6 Å². The molecule has 0 bridgehead atoms. The predicted octanol–water partition coefficient (Wildman–Crippen LogP) is 0.404. The van der Waals surface area contributed by atoms with Crippen LogP contribution in [0.25, 0.3) is 22.1 Å². The van der Waals surface area contributed by atoms with Gasteiger partial charge in [0.2, 0.25) is 0 Å². The molecule has 0 aliphatic carbocycles. The largest absolute Gasteiger partial charge is 0.507 e. The number of nitrogens with one attached hydrogen (secondary N) is 2. The second-order valence-corrected chi connectivity index (χ2v) is 8.28. The third-order valence-electron chi connectivity index (χ3n) is 6.33. The van der Waals surface area contributed by atoms with Crippen molar-refractivity contribution in [3.63, 3.8) is 0 Å². The number of hydrogen-bond donors (Lipinski definition) is 3. The summed E-state index contributed by atoms with van der Waals surface area (Å²) in [6, 6.07) is 8.86. The molecule has 7 nitrogen and oxygen atoms in total. The highest BCUT2D eigenvalue weighted by Crippen LogP contribution is 2.37. The lowest BCUT2D eigenvalue weighted by Gasteiger charge is -2.27. The minimum absolute atomic E-state index is 0.170. The molecule has 164 valence electrons. The zero-order chi connectivity index (χ0) is 22.1. The van der Waals surface area contributed by atoms with Crippen LogP contribution in [0.4, 0.5) is 0 Å². The molecule has 31 heavy (non-hydrogen) atoms. The summed E-state index contributed by atoms with van der Waals surface area (Å²) in [5, 5.41) is 11.4. The van der Waals surface area contributed by atoms with Gasteiger partial charge in [0.05, 0.1) is 32.4 Å². The van der Waals surface area contributed by atoms with Gasteiger partial charge in [-0.3, -0.25) is 0 Å². The summed E-state index contributed by atoms with van der Waals surface area (Å²) in [5.41, 5.74) is 2.63. The maximum absolute atomic E-state index is 13.1. The van der Waals surface area contributed by atoms with Crippen LogP contribution in [0.2, 0.25) is 0 Å². The van der Waals surface area contributed by atoms with Gasteiger partial charge in [-0.1, -0.05) is 0 Å². The lowest BCUT2D eigenvalue weighted by molar-refractivity contribution is -1.01. The van der Waals surface area contributed by atoms with E-state index in [9.17, 15) is 9.90 Å². The molecule has 0 amide bonds. The minimum atomic E-state index is -0.446. The Morgan fingerprint density at radius 2 is 1.81 bits per heavy atom. The number of aromatic hydroxyl groups is 1. The van der Waals surface area contributed by atoms with Gasteiger partial charge in [0.15, 0.2) is 5.58 Å². The van der Waals surface area contributed by atoms with E-state index < -0.39 is 5.63 Å². The lowest BCUT2D eigenvalue weighted by Crippen LogP contribution is -3.26. The van der Waals surface area contributed by atoms with Crippen LogP contribution in [0.5, 0.6) is 17.2 Å². The number of hydrogen-bond acceptors (Lipinski definition) is 5. The quantitative estimate of drug-likeness (QED) is 0.515. The Bertz CT molecular complexity index is 1160. The average Bonchev–Trinajstić information content (AvgIpc) is 2.77. The highest BCUT2D eigenvalue weighted by Gasteiger charge is 2.25. The molecule has 0 radical (unpaired) electrons. The van der Waals surface area contributed by atoms with E-state index in [0.29, 0.717) is 40.3 Å². The Hall–Kier alpha value is -3.03. The fourth-order valence-corrected chi connectivity index (χ4v) is 4.41. The zero-order valence-corrected chi connectivity index (χ0v) is 18.5. The van der Waals surface area contributed by atoms with Crippen LogP contribution < -0.4 is 24.9 Å². The standard InChI is InChI=1S/C24H28N2O5/c1-15-17-7-8-20(27)19(14-26-11-9-25(2)10-12-26)23(17)31-24(28)22(15)18-6-5-16(29-3)13-21(18)30-4/h5-8,13,27H,9-12,14H2,1-4H3/p+2. The second kappa shape index (κ2) is 8.61. The molecule has 0 saturated carbocycles. The third-order valence-corrected chi connectivity index (χ3v) is 6.33. The molecule has 3 N–H and O–H groups in total. The summed E-state index contributed by atoms with van der Waals surface area (Å²) in [6.45, 7) is 6.75. The highest BCUT2D eigenvalue weighted by molar-refractivity contribution is 5.90. The molecule has 2 aromatic carbocycles. The first-order chi connectivity index (χ1) is 14.9. The normalized spacial score (nSPS) is 18.8. The van der Waals surface area contributed by atoms with Gasteiger partial charge in [0.1, 0.15) is 50.0 Å². The van der Waals surface area contributed by atoms with Crippen molar-refractivity contribution in [3.05, 3.63) is 51.9 Å². The maximum atomic E-state index is 13.1. The number of fused-ring (bicyclic) bond motifs is 1. The fourth-order valence-electron chi connectivity index (χ4n) is 4.41. The molecule has 1 aromatic heterocycles. The SMILES string of the molecule is COc1ccc(-c2c(C)c3ccc(O)c(C[NH+]4CC[NH+](C)CC4)c3oc2=O)c(OC)c1. The van der Waals surface area contributed by atoms with Crippen LogP contribution in [0, 0.1) is 6.92 Å². The van der Waals surface area contributed by atoms with E-state index in [0.717, 1.165) is 37.1 Å². The number of piperazine rings is 1. The van der Waals surface area contributed by atoms with Crippen LogP contribution in [0.1, 0.15) is 11.1 Å². The molecular weight excluding hydrogens is 396 g/mol. The number of benzene rings is 2. The molecule has 0 spiro atoms. The number of likely N-dealkylation sites (N-methyl/N-ethyl adjacent to an activating group) is 1. The smallest absolute Gasteiger partial charge is 0.344 e. The van der Waals surface area contributed by atoms with Crippen LogP contribution in [0.3, 0.4) is 0 Å². The van der Waals surface area contributed by atoms with Crippen molar-refractivity contribution < 1.29 is 28.8 Å². The van der Waals surface area contributed by atoms with Crippen molar-refractivity contribution in [3.8, 4) is 28.4 Å². The molecule has 1 fully saturated rings.